The van der Waals surface area contributed by atoms with E-state index < -0.39 is 0 Å². The molecule has 0 aliphatic heterocycles. The van der Waals surface area contributed by atoms with Gasteiger partial charge in [0.15, 0.2) is 5.16 Å². The Morgan fingerprint density at radius 3 is 2.59 bits per heavy atom. The first-order valence-corrected chi connectivity index (χ1v) is 7.58. The van der Waals surface area contributed by atoms with E-state index in [1.165, 1.54) is 34.5 Å². The summed E-state index contributed by atoms with van der Waals surface area (Å²) in [5, 5.41) is 0.915. The SMILES string of the molecule is Nc1cc(N)nc(SCc2cc(=O)n3cc(Cl)ccc3n2)n1. The first-order valence-electron chi connectivity index (χ1n) is 6.22. The quantitative estimate of drug-likeness (QED) is 0.552. The van der Waals surface area contributed by atoms with Crippen molar-refractivity contribution in [2.75, 3.05) is 11.5 Å². The molecule has 3 aromatic rings. The summed E-state index contributed by atoms with van der Waals surface area (Å²) in [5.41, 5.74) is 12.2. The van der Waals surface area contributed by atoms with Crippen LogP contribution in [0.2, 0.25) is 5.02 Å². The van der Waals surface area contributed by atoms with Gasteiger partial charge in [0.25, 0.3) is 5.56 Å². The predicted octanol–water partition coefficient (Wildman–Crippen LogP) is 1.59. The number of nitrogen functional groups attached to an aromatic ring is 2. The molecule has 112 valence electrons. The maximum Gasteiger partial charge on any atom is 0.258 e. The van der Waals surface area contributed by atoms with Crippen LogP contribution in [-0.4, -0.2) is 19.4 Å². The summed E-state index contributed by atoms with van der Waals surface area (Å²) in [6, 6.07) is 6.30. The lowest BCUT2D eigenvalue weighted by atomic mass is 10.4. The third kappa shape index (κ3) is 3.12. The van der Waals surface area contributed by atoms with Gasteiger partial charge in [-0.2, -0.15) is 0 Å². The third-order valence-corrected chi connectivity index (χ3v) is 3.88. The number of fused-ring (bicyclic) bond motifs is 1. The summed E-state index contributed by atoms with van der Waals surface area (Å²) >= 11 is 7.17. The van der Waals surface area contributed by atoms with Gasteiger partial charge in [-0.1, -0.05) is 23.4 Å². The van der Waals surface area contributed by atoms with Crippen LogP contribution in [0.15, 0.2) is 40.4 Å². The molecule has 0 radical (unpaired) electrons. The van der Waals surface area contributed by atoms with E-state index >= 15 is 0 Å². The zero-order valence-electron chi connectivity index (χ0n) is 11.2. The van der Waals surface area contributed by atoms with Gasteiger partial charge in [-0.05, 0) is 12.1 Å². The Hall–Kier alpha value is -2.32. The van der Waals surface area contributed by atoms with Crippen LogP contribution in [0.5, 0.6) is 0 Å². The van der Waals surface area contributed by atoms with Gasteiger partial charge in [0.1, 0.15) is 17.3 Å². The van der Waals surface area contributed by atoms with Gasteiger partial charge >= 0.3 is 0 Å². The standard InChI is InChI=1S/C13H11ClN6OS/c14-7-1-2-11-17-8(3-12(21)20(11)5-7)6-22-13-18-9(15)4-10(16)19-13/h1-5H,6H2,(H4,15,16,18,19). The predicted molar refractivity (Wildman–Crippen MR) is 86.9 cm³/mol. The minimum atomic E-state index is -0.198. The molecule has 7 nitrogen and oxygen atoms in total. The van der Waals surface area contributed by atoms with Crippen LogP contribution < -0.4 is 17.0 Å². The van der Waals surface area contributed by atoms with E-state index in [-0.39, 0.29) is 5.56 Å². The Morgan fingerprint density at radius 2 is 1.86 bits per heavy atom. The zero-order valence-corrected chi connectivity index (χ0v) is 12.8. The van der Waals surface area contributed by atoms with Gasteiger partial charge in [-0.15, -0.1) is 0 Å². The highest BCUT2D eigenvalue weighted by molar-refractivity contribution is 7.98. The number of hydrogen-bond acceptors (Lipinski definition) is 7. The van der Waals surface area contributed by atoms with Gasteiger partial charge < -0.3 is 11.5 Å². The monoisotopic (exact) mass is 334 g/mol. The normalized spacial score (nSPS) is 11.0. The Labute approximate surface area is 134 Å². The van der Waals surface area contributed by atoms with Crippen molar-refractivity contribution >= 4 is 40.6 Å². The molecule has 0 bridgehead atoms. The molecule has 0 aliphatic carbocycles. The minimum Gasteiger partial charge on any atom is -0.383 e. The van der Waals surface area contributed by atoms with E-state index in [0.29, 0.717) is 38.9 Å². The fourth-order valence-corrected chi connectivity index (χ4v) is 2.79. The van der Waals surface area contributed by atoms with Crippen molar-refractivity contribution in [2.45, 2.75) is 10.9 Å². The third-order valence-electron chi connectivity index (χ3n) is 2.77. The number of thioether (sulfide) groups is 1. The molecular formula is C13H11ClN6OS. The maximum absolute atomic E-state index is 12.1. The number of halogens is 1. The zero-order chi connectivity index (χ0) is 15.7. The first kappa shape index (κ1) is 14.6. The average Bonchev–Trinajstić information content (AvgIpc) is 2.45. The summed E-state index contributed by atoms with van der Waals surface area (Å²) in [4.78, 5) is 24.6. The molecule has 3 aromatic heterocycles. The second-order valence-electron chi connectivity index (χ2n) is 4.45. The van der Waals surface area contributed by atoms with Crippen LogP contribution in [0.1, 0.15) is 5.69 Å². The van der Waals surface area contributed by atoms with Crippen LogP contribution in [0.4, 0.5) is 11.6 Å². The molecule has 0 atom stereocenters. The topological polar surface area (TPSA) is 112 Å². The minimum absolute atomic E-state index is 0.198. The molecule has 0 spiro atoms. The van der Waals surface area contributed by atoms with Gasteiger partial charge in [0.2, 0.25) is 0 Å². The van der Waals surface area contributed by atoms with Crippen molar-refractivity contribution in [1.29, 1.82) is 0 Å². The number of aromatic nitrogens is 4. The summed E-state index contributed by atoms with van der Waals surface area (Å²) in [6.07, 6.45) is 1.53. The molecule has 0 aliphatic rings. The molecular weight excluding hydrogens is 324 g/mol. The second-order valence-corrected chi connectivity index (χ2v) is 5.83. The van der Waals surface area contributed by atoms with E-state index in [0.717, 1.165) is 0 Å². The van der Waals surface area contributed by atoms with Crippen LogP contribution in [0.3, 0.4) is 0 Å². The largest absolute Gasteiger partial charge is 0.383 e. The van der Waals surface area contributed by atoms with E-state index in [1.54, 1.807) is 12.1 Å². The van der Waals surface area contributed by atoms with Crippen LogP contribution in [0, 0.1) is 0 Å². The number of pyridine rings is 1. The Kier molecular flexibility index (Phi) is 3.86. The maximum atomic E-state index is 12.1. The molecule has 3 heterocycles. The Balaban J connectivity index is 1.88. The van der Waals surface area contributed by atoms with E-state index in [4.69, 9.17) is 23.1 Å². The Morgan fingerprint density at radius 1 is 1.14 bits per heavy atom. The fourth-order valence-electron chi connectivity index (χ4n) is 1.87. The van der Waals surface area contributed by atoms with Crippen molar-refractivity contribution in [2.24, 2.45) is 0 Å². The van der Waals surface area contributed by atoms with Gasteiger partial charge in [-0.3, -0.25) is 9.20 Å². The fraction of sp³-hybridized carbons (Fsp3) is 0.0769. The molecule has 22 heavy (non-hydrogen) atoms. The van der Waals surface area contributed by atoms with Gasteiger partial charge in [-0.25, -0.2) is 15.0 Å². The summed E-state index contributed by atoms with van der Waals surface area (Å²) in [7, 11) is 0. The molecule has 0 saturated carbocycles. The highest BCUT2D eigenvalue weighted by Gasteiger charge is 2.06. The lowest BCUT2D eigenvalue weighted by molar-refractivity contribution is 0.976. The highest BCUT2D eigenvalue weighted by Crippen LogP contribution is 2.20. The van der Waals surface area contributed by atoms with Crippen LogP contribution >= 0.6 is 23.4 Å². The van der Waals surface area contributed by atoms with Crippen molar-refractivity contribution in [3.8, 4) is 0 Å². The number of nitrogens with zero attached hydrogens (tertiary/aromatic N) is 4. The summed E-state index contributed by atoms with van der Waals surface area (Å²) in [6.45, 7) is 0. The number of anilines is 2. The van der Waals surface area contributed by atoms with Crippen molar-refractivity contribution in [1.82, 2.24) is 19.4 Å². The summed E-state index contributed by atoms with van der Waals surface area (Å²) < 4.78 is 1.39. The number of hydrogen-bond donors (Lipinski definition) is 2. The molecule has 0 aromatic carbocycles. The van der Waals surface area contributed by atoms with Gasteiger partial charge in [0.05, 0.1) is 10.7 Å². The highest BCUT2D eigenvalue weighted by atomic mass is 35.5. The van der Waals surface area contributed by atoms with Crippen molar-refractivity contribution < 1.29 is 0 Å². The average molecular weight is 335 g/mol. The molecule has 0 unspecified atom stereocenters. The Bertz CT molecular complexity index is 892. The molecule has 0 amide bonds. The second kappa shape index (κ2) is 5.82. The number of nitrogens with two attached hydrogens (primary N) is 2. The van der Waals surface area contributed by atoms with Crippen LogP contribution in [0.25, 0.3) is 5.65 Å². The molecule has 9 heteroatoms. The lowest BCUT2D eigenvalue weighted by Gasteiger charge is -2.05. The van der Waals surface area contributed by atoms with Crippen LogP contribution in [-0.2, 0) is 5.75 Å². The first-order chi connectivity index (χ1) is 10.5. The molecule has 4 N–H and O–H groups in total. The number of rotatable bonds is 3. The molecule has 0 fully saturated rings. The molecule has 0 saturated heterocycles. The van der Waals surface area contributed by atoms with E-state index in [2.05, 4.69) is 15.0 Å². The molecule has 3 rings (SSSR count). The van der Waals surface area contributed by atoms with E-state index in [1.807, 2.05) is 0 Å². The van der Waals surface area contributed by atoms with E-state index in [9.17, 15) is 4.79 Å². The summed E-state index contributed by atoms with van der Waals surface area (Å²) in [5.74, 6) is 1.03. The van der Waals surface area contributed by atoms with Gasteiger partial charge in [0, 0.05) is 24.1 Å². The van der Waals surface area contributed by atoms with Crippen molar-refractivity contribution in [3.05, 3.63) is 51.5 Å². The smallest absolute Gasteiger partial charge is 0.258 e. The van der Waals surface area contributed by atoms with Crippen molar-refractivity contribution in [3.63, 3.8) is 0 Å². The lowest BCUT2D eigenvalue weighted by Crippen LogP contribution is -2.15.